The molecule has 19 heavy (non-hydrogen) atoms. The largest absolute Gasteiger partial charge is 0.350 e. The van der Waals surface area contributed by atoms with E-state index in [2.05, 4.69) is 15.3 Å². The lowest BCUT2D eigenvalue weighted by Gasteiger charge is -2.05. The Bertz CT molecular complexity index is 597. The van der Waals surface area contributed by atoms with Gasteiger partial charge in [-0.2, -0.15) is 0 Å². The average Bonchev–Trinajstić information content (AvgIpc) is 2.41. The van der Waals surface area contributed by atoms with Crippen molar-refractivity contribution in [1.29, 1.82) is 0 Å². The molecule has 0 aliphatic rings. The molecule has 0 radical (unpaired) electrons. The van der Waals surface area contributed by atoms with Gasteiger partial charge in [0.25, 0.3) is 11.5 Å². The number of H-pyrrole nitrogens is 1. The lowest BCUT2D eigenvalue weighted by Crippen LogP contribution is -2.27. The Kier molecular flexibility index (Phi) is 4.07. The van der Waals surface area contributed by atoms with Crippen LogP contribution < -0.4 is 10.9 Å². The van der Waals surface area contributed by atoms with Gasteiger partial charge in [0.05, 0.1) is 6.20 Å². The van der Waals surface area contributed by atoms with E-state index < -0.39 is 0 Å². The second-order valence-corrected chi connectivity index (χ2v) is 4.29. The van der Waals surface area contributed by atoms with Crippen molar-refractivity contribution in [3.05, 3.63) is 63.8 Å². The van der Waals surface area contributed by atoms with Crippen LogP contribution in [0.5, 0.6) is 0 Å². The summed E-state index contributed by atoms with van der Waals surface area (Å²) in [6.45, 7) is 2.57. The highest BCUT2D eigenvalue weighted by Gasteiger charge is 2.05. The van der Waals surface area contributed by atoms with E-state index in [9.17, 15) is 9.59 Å². The lowest BCUT2D eigenvalue weighted by atomic mass is 10.1. The van der Waals surface area contributed by atoms with Gasteiger partial charge in [-0.3, -0.25) is 9.59 Å². The molecule has 0 aliphatic carbocycles. The molecule has 1 heterocycles. The minimum Gasteiger partial charge on any atom is -0.350 e. The number of aryl methyl sites for hydroxylation is 1. The minimum atomic E-state index is -0.323. The van der Waals surface area contributed by atoms with Crippen molar-refractivity contribution >= 4 is 5.91 Å². The molecule has 98 valence electrons. The van der Waals surface area contributed by atoms with Gasteiger partial charge in [-0.25, -0.2) is 4.98 Å². The van der Waals surface area contributed by atoms with Crippen LogP contribution in [0, 0.1) is 6.92 Å². The maximum Gasteiger partial charge on any atom is 0.271 e. The van der Waals surface area contributed by atoms with Gasteiger partial charge in [0.15, 0.2) is 0 Å². The zero-order valence-electron chi connectivity index (χ0n) is 10.6. The molecule has 0 bridgehead atoms. The molecular formula is C14H15N3O2. The number of aromatic nitrogens is 2. The first-order valence-electron chi connectivity index (χ1n) is 6.03. The number of hydrogen-bond donors (Lipinski definition) is 2. The molecule has 0 fully saturated rings. The fraction of sp³-hybridized carbons (Fsp3) is 0.214. The van der Waals surface area contributed by atoms with E-state index in [0.717, 1.165) is 12.6 Å². The van der Waals surface area contributed by atoms with Crippen LogP contribution in [-0.2, 0) is 6.42 Å². The number of carbonyl (C=O) groups is 1. The number of rotatable bonds is 4. The van der Waals surface area contributed by atoms with Crippen LogP contribution in [0.3, 0.4) is 0 Å². The van der Waals surface area contributed by atoms with Crippen molar-refractivity contribution in [2.75, 3.05) is 6.54 Å². The van der Waals surface area contributed by atoms with Crippen LogP contribution in [0.15, 0.2) is 41.5 Å². The predicted octanol–water partition coefficient (Wildman–Crippen LogP) is 1.05. The number of benzene rings is 1. The molecule has 0 saturated heterocycles. The zero-order valence-corrected chi connectivity index (χ0v) is 10.6. The summed E-state index contributed by atoms with van der Waals surface area (Å²) >= 11 is 0. The molecule has 5 heteroatoms. The fourth-order valence-corrected chi connectivity index (χ4v) is 1.63. The van der Waals surface area contributed by atoms with Crippen LogP contribution >= 0.6 is 0 Å². The van der Waals surface area contributed by atoms with Crippen LogP contribution in [0.2, 0.25) is 0 Å². The number of nitrogens with one attached hydrogen (secondary N) is 2. The molecule has 0 unspecified atom stereocenters. The highest BCUT2D eigenvalue weighted by Crippen LogP contribution is 2.03. The number of aromatic amines is 1. The summed E-state index contributed by atoms with van der Waals surface area (Å²) in [6.07, 6.45) is 3.16. The molecule has 5 nitrogen and oxygen atoms in total. The Morgan fingerprint density at radius 1 is 1.32 bits per heavy atom. The van der Waals surface area contributed by atoms with Gasteiger partial charge in [-0.05, 0) is 18.9 Å². The summed E-state index contributed by atoms with van der Waals surface area (Å²) in [6, 6.07) is 8.17. The SMILES string of the molecule is Cc1ccc(CCNC(=O)c2c[nH]c(=O)cn2)cc1. The monoisotopic (exact) mass is 257 g/mol. The maximum absolute atomic E-state index is 11.7. The van der Waals surface area contributed by atoms with Crippen molar-refractivity contribution in [2.24, 2.45) is 0 Å². The Labute approximate surface area is 110 Å². The third-order valence-corrected chi connectivity index (χ3v) is 2.72. The van der Waals surface area contributed by atoms with E-state index in [1.807, 2.05) is 31.2 Å². The van der Waals surface area contributed by atoms with E-state index >= 15 is 0 Å². The number of nitrogens with zero attached hydrogens (tertiary/aromatic N) is 1. The van der Waals surface area contributed by atoms with Crippen LogP contribution in [0.4, 0.5) is 0 Å². The fourth-order valence-electron chi connectivity index (χ4n) is 1.63. The van der Waals surface area contributed by atoms with E-state index in [-0.39, 0.29) is 17.2 Å². The van der Waals surface area contributed by atoms with E-state index in [4.69, 9.17) is 0 Å². The molecular weight excluding hydrogens is 242 g/mol. The van der Waals surface area contributed by atoms with E-state index in [0.29, 0.717) is 6.54 Å². The van der Waals surface area contributed by atoms with Crippen molar-refractivity contribution in [2.45, 2.75) is 13.3 Å². The Morgan fingerprint density at radius 2 is 2.05 bits per heavy atom. The number of carbonyl (C=O) groups excluding carboxylic acids is 1. The van der Waals surface area contributed by atoms with Gasteiger partial charge in [-0.1, -0.05) is 29.8 Å². The van der Waals surface area contributed by atoms with Crippen LogP contribution in [0.1, 0.15) is 21.6 Å². The molecule has 1 aromatic heterocycles. The Balaban J connectivity index is 1.85. The summed E-state index contributed by atoms with van der Waals surface area (Å²) in [4.78, 5) is 28.7. The van der Waals surface area contributed by atoms with Gasteiger partial charge >= 0.3 is 0 Å². The molecule has 1 amide bonds. The Morgan fingerprint density at radius 3 is 2.68 bits per heavy atom. The highest BCUT2D eigenvalue weighted by atomic mass is 16.2. The summed E-state index contributed by atoms with van der Waals surface area (Å²) < 4.78 is 0. The van der Waals surface area contributed by atoms with Crippen molar-refractivity contribution in [3.63, 3.8) is 0 Å². The number of hydrogen-bond acceptors (Lipinski definition) is 3. The topological polar surface area (TPSA) is 74.8 Å². The standard InChI is InChI=1S/C14H15N3O2/c1-10-2-4-11(5-3-10)6-7-15-14(19)12-8-17-13(18)9-16-12/h2-5,8-9H,6-7H2,1H3,(H,15,19)(H,17,18). The molecule has 2 aromatic rings. The van der Waals surface area contributed by atoms with E-state index in [1.54, 1.807) is 0 Å². The molecule has 0 atom stereocenters. The first-order valence-corrected chi connectivity index (χ1v) is 6.03. The summed E-state index contributed by atoms with van der Waals surface area (Å²) in [5.74, 6) is -0.289. The molecule has 2 rings (SSSR count). The van der Waals surface area contributed by atoms with Gasteiger partial charge in [0.1, 0.15) is 5.69 Å². The third-order valence-electron chi connectivity index (χ3n) is 2.72. The highest BCUT2D eigenvalue weighted by molar-refractivity contribution is 5.91. The predicted molar refractivity (Wildman–Crippen MR) is 72.1 cm³/mol. The first kappa shape index (κ1) is 13.0. The molecule has 1 aromatic carbocycles. The third kappa shape index (κ3) is 3.77. The molecule has 0 aliphatic heterocycles. The minimum absolute atomic E-state index is 0.212. The van der Waals surface area contributed by atoms with Gasteiger partial charge in [0, 0.05) is 12.7 Å². The maximum atomic E-state index is 11.7. The summed E-state index contributed by atoms with van der Waals surface area (Å²) in [5, 5.41) is 2.76. The van der Waals surface area contributed by atoms with Crippen LogP contribution in [0.25, 0.3) is 0 Å². The van der Waals surface area contributed by atoms with Gasteiger partial charge in [-0.15, -0.1) is 0 Å². The van der Waals surface area contributed by atoms with Gasteiger partial charge in [0.2, 0.25) is 0 Å². The number of amides is 1. The summed E-state index contributed by atoms with van der Waals surface area (Å²) in [7, 11) is 0. The molecule has 2 N–H and O–H groups in total. The lowest BCUT2D eigenvalue weighted by molar-refractivity contribution is 0.0948. The molecule has 0 spiro atoms. The van der Waals surface area contributed by atoms with Gasteiger partial charge < -0.3 is 10.3 Å². The molecule has 0 saturated carbocycles. The van der Waals surface area contributed by atoms with Crippen LogP contribution in [-0.4, -0.2) is 22.4 Å². The Hall–Kier alpha value is -2.43. The zero-order chi connectivity index (χ0) is 13.7. The van der Waals surface area contributed by atoms with Crippen molar-refractivity contribution in [1.82, 2.24) is 15.3 Å². The van der Waals surface area contributed by atoms with Crippen molar-refractivity contribution < 1.29 is 4.79 Å². The van der Waals surface area contributed by atoms with Crippen molar-refractivity contribution in [3.8, 4) is 0 Å². The first-order chi connectivity index (χ1) is 9.15. The quantitative estimate of drug-likeness (QED) is 0.859. The second kappa shape index (κ2) is 5.95. The second-order valence-electron chi connectivity index (χ2n) is 4.29. The normalized spacial score (nSPS) is 10.2. The summed E-state index contributed by atoms with van der Waals surface area (Å²) in [5.41, 5.74) is 2.27. The smallest absolute Gasteiger partial charge is 0.271 e. The average molecular weight is 257 g/mol. The van der Waals surface area contributed by atoms with E-state index in [1.165, 1.54) is 17.3 Å².